The number of rotatable bonds is 4. The van der Waals surface area contributed by atoms with Crippen LogP contribution < -0.4 is 5.32 Å². The van der Waals surface area contributed by atoms with Gasteiger partial charge in [-0.2, -0.15) is 0 Å². The third-order valence-electron chi connectivity index (χ3n) is 2.52. The van der Waals surface area contributed by atoms with E-state index in [-0.39, 0.29) is 12.6 Å². The van der Waals surface area contributed by atoms with Gasteiger partial charge >= 0.3 is 0 Å². The Balaban J connectivity index is 2.41. The minimum Gasteiger partial charge on any atom is -0.464 e. The van der Waals surface area contributed by atoms with Crippen LogP contribution in [0.4, 0.5) is 0 Å². The summed E-state index contributed by atoms with van der Waals surface area (Å²) in [6.45, 7) is 2.92. The van der Waals surface area contributed by atoms with E-state index < -0.39 is 0 Å². The van der Waals surface area contributed by atoms with Crippen molar-refractivity contribution in [3.63, 3.8) is 0 Å². The first-order chi connectivity index (χ1) is 7.36. The number of benzene rings is 1. The fourth-order valence-corrected chi connectivity index (χ4v) is 1.79. The van der Waals surface area contributed by atoms with Crippen molar-refractivity contribution in [2.24, 2.45) is 0 Å². The van der Waals surface area contributed by atoms with Crippen molar-refractivity contribution in [1.82, 2.24) is 5.32 Å². The second-order valence-corrected chi connectivity index (χ2v) is 3.48. The second-order valence-electron chi connectivity index (χ2n) is 3.48. The molecule has 0 spiro atoms. The SMILES string of the molecule is CCNC(CO)c1coc2ccccc12. The van der Waals surface area contributed by atoms with Gasteiger partial charge in [0.25, 0.3) is 0 Å². The van der Waals surface area contributed by atoms with Gasteiger partial charge in [-0.15, -0.1) is 0 Å². The molecule has 2 aromatic rings. The summed E-state index contributed by atoms with van der Waals surface area (Å²) in [7, 11) is 0. The largest absolute Gasteiger partial charge is 0.464 e. The minimum atomic E-state index is -0.0429. The van der Waals surface area contributed by atoms with Gasteiger partial charge in [0.05, 0.1) is 18.9 Å². The molecule has 1 aromatic carbocycles. The number of hydrogen-bond acceptors (Lipinski definition) is 3. The highest BCUT2D eigenvalue weighted by atomic mass is 16.3. The van der Waals surface area contributed by atoms with Crippen LogP contribution in [-0.2, 0) is 0 Å². The molecule has 2 rings (SSSR count). The van der Waals surface area contributed by atoms with Gasteiger partial charge in [0, 0.05) is 10.9 Å². The van der Waals surface area contributed by atoms with Crippen LogP contribution in [-0.4, -0.2) is 18.3 Å². The zero-order valence-corrected chi connectivity index (χ0v) is 8.73. The van der Waals surface area contributed by atoms with E-state index in [0.29, 0.717) is 0 Å². The highest BCUT2D eigenvalue weighted by molar-refractivity contribution is 5.81. The Hall–Kier alpha value is -1.32. The van der Waals surface area contributed by atoms with Crippen LogP contribution >= 0.6 is 0 Å². The Morgan fingerprint density at radius 2 is 2.20 bits per heavy atom. The molecule has 80 valence electrons. The maximum absolute atomic E-state index is 9.28. The van der Waals surface area contributed by atoms with Gasteiger partial charge in [-0.3, -0.25) is 0 Å². The van der Waals surface area contributed by atoms with Gasteiger partial charge in [-0.05, 0) is 12.6 Å². The molecule has 1 atom stereocenters. The minimum absolute atomic E-state index is 0.0429. The molecule has 1 aromatic heterocycles. The van der Waals surface area contributed by atoms with Crippen LogP contribution in [0.25, 0.3) is 11.0 Å². The monoisotopic (exact) mass is 205 g/mol. The summed E-state index contributed by atoms with van der Waals surface area (Å²) in [5.74, 6) is 0. The number of fused-ring (bicyclic) bond motifs is 1. The average Bonchev–Trinajstić information content (AvgIpc) is 2.70. The van der Waals surface area contributed by atoms with E-state index in [4.69, 9.17) is 4.42 Å². The van der Waals surface area contributed by atoms with Gasteiger partial charge < -0.3 is 14.8 Å². The second kappa shape index (κ2) is 4.47. The summed E-state index contributed by atoms with van der Waals surface area (Å²) in [4.78, 5) is 0. The van der Waals surface area contributed by atoms with E-state index >= 15 is 0 Å². The van der Waals surface area contributed by atoms with E-state index in [2.05, 4.69) is 5.32 Å². The Bertz CT molecular complexity index is 436. The zero-order chi connectivity index (χ0) is 10.7. The van der Waals surface area contributed by atoms with Gasteiger partial charge in [-0.1, -0.05) is 25.1 Å². The van der Waals surface area contributed by atoms with Crippen molar-refractivity contribution < 1.29 is 9.52 Å². The molecule has 1 unspecified atom stereocenters. The number of furan rings is 1. The molecular formula is C12H15NO2. The molecule has 0 saturated heterocycles. The summed E-state index contributed by atoms with van der Waals surface area (Å²) in [6, 6.07) is 7.81. The topological polar surface area (TPSA) is 45.4 Å². The first-order valence-corrected chi connectivity index (χ1v) is 5.17. The van der Waals surface area contributed by atoms with Crippen molar-refractivity contribution in [3.05, 3.63) is 36.1 Å². The predicted octanol–water partition coefficient (Wildman–Crippen LogP) is 2.08. The van der Waals surface area contributed by atoms with Gasteiger partial charge in [0.2, 0.25) is 0 Å². The van der Waals surface area contributed by atoms with E-state index in [1.807, 2.05) is 31.2 Å². The van der Waals surface area contributed by atoms with Crippen LogP contribution in [0.15, 0.2) is 34.9 Å². The molecule has 0 amide bonds. The fourth-order valence-electron chi connectivity index (χ4n) is 1.79. The molecule has 3 heteroatoms. The average molecular weight is 205 g/mol. The van der Waals surface area contributed by atoms with Crippen LogP contribution in [0, 0.1) is 0 Å². The van der Waals surface area contributed by atoms with Crippen LogP contribution in [0.3, 0.4) is 0 Å². The maximum Gasteiger partial charge on any atom is 0.134 e. The summed E-state index contributed by atoms with van der Waals surface area (Å²) < 4.78 is 5.43. The number of likely N-dealkylation sites (N-methyl/N-ethyl adjacent to an activating group) is 1. The third-order valence-corrected chi connectivity index (χ3v) is 2.52. The van der Waals surface area contributed by atoms with E-state index in [1.54, 1.807) is 6.26 Å². The van der Waals surface area contributed by atoms with Crippen LogP contribution in [0.1, 0.15) is 18.5 Å². The maximum atomic E-state index is 9.28. The zero-order valence-electron chi connectivity index (χ0n) is 8.73. The standard InChI is InChI=1S/C12H15NO2/c1-2-13-11(7-14)10-8-15-12-6-4-3-5-9(10)12/h3-6,8,11,13-14H,2,7H2,1H3. The first kappa shape index (κ1) is 10.2. The van der Waals surface area contributed by atoms with Crippen molar-refractivity contribution in [3.8, 4) is 0 Å². The molecular weight excluding hydrogens is 190 g/mol. The molecule has 1 heterocycles. The number of hydrogen-bond donors (Lipinski definition) is 2. The lowest BCUT2D eigenvalue weighted by atomic mass is 10.1. The lowest BCUT2D eigenvalue weighted by Gasteiger charge is -2.13. The molecule has 2 N–H and O–H groups in total. The summed E-state index contributed by atoms with van der Waals surface area (Å²) >= 11 is 0. The quantitative estimate of drug-likeness (QED) is 0.803. The normalized spacial score (nSPS) is 13.2. The van der Waals surface area contributed by atoms with Gasteiger partial charge in [-0.25, -0.2) is 0 Å². The van der Waals surface area contributed by atoms with Crippen molar-refractivity contribution in [2.75, 3.05) is 13.2 Å². The molecule has 0 fully saturated rings. The van der Waals surface area contributed by atoms with E-state index in [0.717, 1.165) is 23.1 Å². The summed E-state index contributed by atoms with van der Waals surface area (Å²) in [5.41, 5.74) is 1.89. The molecule has 3 nitrogen and oxygen atoms in total. The number of para-hydroxylation sites is 1. The van der Waals surface area contributed by atoms with Crippen molar-refractivity contribution >= 4 is 11.0 Å². The Morgan fingerprint density at radius 3 is 2.93 bits per heavy atom. The lowest BCUT2D eigenvalue weighted by molar-refractivity contribution is 0.246. The molecule has 0 saturated carbocycles. The van der Waals surface area contributed by atoms with Crippen molar-refractivity contribution in [1.29, 1.82) is 0 Å². The molecule has 0 aliphatic rings. The predicted molar refractivity (Wildman–Crippen MR) is 59.7 cm³/mol. The Labute approximate surface area is 88.7 Å². The van der Waals surface area contributed by atoms with Crippen LogP contribution in [0.2, 0.25) is 0 Å². The first-order valence-electron chi connectivity index (χ1n) is 5.17. The molecule has 0 bridgehead atoms. The van der Waals surface area contributed by atoms with E-state index in [1.165, 1.54) is 0 Å². The smallest absolute Gasteiger partial charge is 0.134 e. The van der Waals surface area contributed by atoms with E-state index in [9.17, 15) is 5.11 Å². The summed E-state index contributed by atoms with van der Waals surface area (Å²) in [5, 5.41) is 13.6. The lowest BCUT2D eigenvalue weighted by Crippen LogP contribution is -2.23. The fraction of sp³-hybridized carbons (Fsp3) is 0.333. The summed E-state index contributed by atoms with van der Waals surface area (Å²) in [6.07, 6.45) is 1.72. The highest BCUT2D eigenvalue weighted by Crippen LogP contribution is 2.25. The van der Waals surface area contributed by atoms with Gasteiger partial charge in [0.15, 0.2) is 0 Å². The van der Waals surface area contributed by atoms with Gasteiger partial charge in [0.1, 0.15) is 5.58 Å². The molecule has 0 aliphatic heterocycles. The third kappa shape index (κ3) is 1.89. The number of aliphatic hydroxyl groups excluding tert-OH is 1. The van der Waals surface area contributed by atoms with Crippen LogP contribution in [0.5, 0.6) is 0 Å². The van der Waals surface area contributed by atoms with Crippen molar-refractivity contribution in [2.45, 2.75) is 13.0 Å². The number of aliphatic hydroxyl groups is 1. The Kier molecular flexibility index (Phi) is 3.04. The molecule has 0 radical (unpaired) electrons. The molecule has 0 aliphatic carbocycles. The number of nitrogens with one attached hydrogen (secondary N) is 1. The Morgan fingerprint density at radius 1 is 1.40 bits per heavy atom. The molecule has 15 heavy (non-hydrogen) atoms. The highest BCUT2D eigenvalue weighted by Gasteiger charge is 2.14.